The summed E-state index contributed by atoms with van der Waals surface area (Å²) in [5, 5.41) is 4.04. The minimum Gasteiger partial charge on any atom is -0.465 e. The van der Waals surface area contributed by atoms with E-state index in [1.165, 1.54) is 12.7 Å². The molecule has 1 aliphatic rings. The lowest BCUT2D eigenvalue weighted by atomic mass is 10.0. The largest absolute Gasteiger partial charge is 0.465 e. The Labute approximate surface area is 203 Å². The zero-order chi connectivity index (χ0) is 23.7. The second-order valence-corrected chi connectivity index (χ2v) is 8.49. The highest BCUT2D eigenvalue weighted by Gasteiger charge is 2.42. The quantitative estimate of drug-likeness (QED) is 0.301. The molecule has 7 heteroatoms. The molecule has 0 aliphatic carbocycles. The number of thiocarbonyl (C=S) groups is 1. The van der Waals surface area contributed by atoms with Crippen molar-refractivity contribution >= 4 is 29.0 Å². The van der Waals surface area contributed by atoms with Gasteiger partial charge in [0.25, 0.3) is 0 Å². The Bertz CT molecular complexity index is 1330. The van der Waals surface area contributed by atoms with Gasteiger partial charge >= 0.3 is 5.97 Å². The van der Waals surface area contributed by atoms with Gasteiger partial charge in [0.1, 0.15) is 17.6 Å². The van der Waals surface area contributed by atoms with Crippen LogP contribution in [-0.2, 0) is 4.74 Å². The summed E-state index contributed by atoms with van der Waals surface area (Å²) in [6, 6.07) is 24.7. The summed E-state index contributed by atoms with van der Waals surface area (Å²) in [5.74, 6) is 1.00. The maximum Gasteiger partial charge on any atom is 0.337 e. The van der Waals surface area contributed by atoms with Crippen molar-refractivity contribution in [1.29, 1.82) is 0 Å². The minimum absolute atomic E-state index is 0.199. The fourth-order valence-corrected chi connectivity index (χ4v) is 4.56. The molecule has 34 heavy (non-hydrogen) atoms. The average Bonchev–Trinajstić information content (AvgIpc) is 3.49. The molecule has 3 heterocycles. The van der Waals surface area contributed by atoms with Crippen LogP contribution < -0.4 is 10.2 Å². The first-order chi connectivity index (χ1) is 16.5. The predicted octanol–water partition coefficient (Wildman–Crippen LogP) is 5.61. The fourth-order valence-electron chi connectivity index (χ4n) is 4.21. The van der Waals surface area contributed by atoms with Gasteiger partial charge < -0.3 is 19.4 Å². The molecule has 0 saturated carbocycles. The second-order valence-electron chi connectivity index (χ2n) is 8.11. The summed E-state index contributed by atoms with van der Waals surface area (Å²) >= 11 is 5.76. The monoisotopic (exact) mass is 469 g/mol. The van der Waals surface area contributed by atoms with Crippen LogP contribution >= 0.6 is 12.2 Å². The molecule has 1 N–H and O–H groups in total. The van der Waals surface area contributed by atoms with Crippen molar-refractivity contribution in [3.05, 3.63) is 108 Å². The van der Waals surface area contributed by atoms with Crippen molar-refractivity contribution in [2.75, 3.05) is 12.0 Å². The minimum atomic E-state index is -0.389. The number of nitrogens with one attached hydrogen (secondary N) is 1. The van der Waals surface area contributed by atoms with Gasteiger partial charge in [0.15, 0.2) is 5.11 Å². The molecule has 2 aromatic heterocycles. The molecule has 0 unspecified atom stereocenters. The summed E-state index contributed by atoms with van der Waals surface area (Å²) in [5.41, 5.74) is 4.27. The number of furan rings is 1. The van der Waals surface area contributed by atoms with E-state index in [1.54, 1.807) is 18.3 Å². The molecule has 1 fully saturated rings. The molecule has 6 nitrogen and oxygen atoms in total. The highest BCUT2D eigenvalue weighted by molar-refractivity contribution is 7.80. The van der Waals surface area contributed by atoms with E-state index in [1.807, 2.05) is 42.5 Å². The number of nitrogens with zero attached hydrogens (tertiary/aromatic N) is 2. The molecule has 0 bridgehead atoms. The topological polar surface area (TPSA) is 67.6 Å². The van der Waals surface area contributed by atoms with Crippen LogP contribution in [0.2, 0.25) is 0 Å². The smallest absolute Gasteiger partial charge is 0.337 e. The number of pyridine rings is 1. The third-order valence-corrected chi connectivity index (χ3v) is 6.21. The van der Waals surface area contributed by atoms with E-state index in [9.17, 15) is 4.79 Å². The highest BCUT2D eigenvalue weighted by Crippen LogP contribution is 2.43. The number of esters is 1. The molecule has 2 aromatic carbocycles. The van der Waals surface area contributed by atoms with E-state index in [-0.39, 0.29) is 18.1 Å². The molecule has 4 aromatic rings. The molecular formula is C27H23N3O3S. The summed E-state index contributed by atoms with van der Waals surface area (Å²) < 4.78 is 11.2. The number of ether oxygens (including phenoxy) is 1. The van der Waals surface area contributed by atoms with Crippen LogP contribution in [0, 0.1) is 6.92 Å². The van der Waals surface area contributed by atoms with E-state index in [2.05, 4.69) is 46.4 Å². The van der Waals surface area contributed by atoms with E-state index < -0.39 is 0 Å². The number of hydrogen-bond acceptors (Lipinski definition) is 5. The Balaban J connectivity index is 1.57. The van der Waals surface area contributed by atoms with E-state index in [4.69, 9.17) is 21.4 Å². The van der Waals surface area contributed by atoms with Gasteiger partial charge in [0.2, 0.25) is 0 Å². The van der Waals surface area contributed by atoms with Gasteiger partial charge in [0.05, 0.1) is 24.4 Å². The van der Waals surface area contributed by atoms with Gasteiger partial charge in [-0.15, -0.1) is 0 Å². The van der Waals surface area contributed by atoms with Gasteiger partial charge in [-0.1, -0.05) is 35.9 Å². The van der Waals surface area contributed by atoms with Gasteiger partial charge in [-0.05, 0) is 67.7 Å². The average molecular weight is 470 g/mol. The van der Waals surface area contributed by atoms with Crippen molar-refractivity contribution in [1.82, 2.24) is 10.3 Å². The molecule has 0 radical (unpaired) electrons. The van der Waals surface area contributed by atoms with Crippen molar-refractivity contribution < 1.29 is 13.9 Å². The van der Waals surface area contributed by atoms with Gasteiger partial charge in [-0.25, -0.2) is 4.79 Å². The molecular weight excluding hydrogens is 446 g/mol. The molecule has 5 rings (SSSR count). The number of benzene rings is 2. The molecule has 1 saturated heterocycles. The van der Waals surface area contributed by atoms with Crippen LogP contribution in [0.5, 0.6) is 0 Å². The Morgan fingerprint density at radius 3 is 2.62 bits per heavy atom. The number of rotatable bonds is 5. The summed E-state index contributed by atoms with van der Waals surface area (Å²) in [6.45, 7) is 2.06. The molecule has 1 aliphatic heterocycles. The van der Waals surface area contributed by atoms with Crippen LogP contribution in [0.3, 0.4) is 0 Å². The van der Waals surface area contributed by atoms with Gasteiger partial charge in [-0.3, -0.25) is 4.98 Å². The SMILES string of the molecule is COC(=O)c1cccc(-c2ccc([C@@H]3[C@@H](c4ccccn4)NC(=S)N3c3ccc(C)cc3)o2)c1. The Hall–Kier alpha value is -3.97. The predicted molar refractivity (Wildman–Crippen MR) is 135 cm³/mol. The van der Waals surface area contributed by atoms with Crippen molar-refractivity contribution in [3.8, 4) is 11.3 Å². The number of anilines is 1. The van der Waals surface area contributed by atoms with Crippen molar-refractivity contribution in [2.24, 2.45) is 0 Å². The van der Waals surface area contributed by atoms with Crippen molar-refractivity contribution in [2.45, 2.75) is 19.0 Å². The summed E-state index contributed by atoms with van der Waals surface area (Å²) in [4.78, 5) is 18.6. The number of methoxy groups -OCH3 is 1. The normalized spacial score (nSPS) is 17.5. The molecule has 170 valence electrons. The molecule has 0 spiro atoms. The lowest BCUT2D eigenvalue weighted by Crippen LogP contribution is -2.29. The van der Waals surface area contributed by atoms with Gasteiger partial charge in [0, 0.05) is 17.4 Å². The standard InChI is InChI=1S/C27H23N3O3S/c1-17-9-11-20(12-10-17)30-25(24(29-27(30)34)21-8-3-4-15-28-21)23-14-13-22(33-23)18-6-5-7-19(16-18)26(31)32-2/h3-16,24-25H,1-2H3,(H,29,34)/t24-,25-/m1/s1. The van der Waals surface area contributed by atoms with Crippen molar-refractivity contribution in [3.63, 3.8) is 0 Å². The lowest BCUT2D eigenvalue weighted by Gasteiger charge is -2.26. The number of hydrogen-bond donors (Lipinski definition) is 1. The van der Waals surface area contributed by atoms with E-state index >= 15 is 0 Å². The zero-order valence-electron chi connectivity index (χ0n) is 18.8. The van der Waals surface area contributed by atoms with Crippen LogP contribution in [0.15, 0.2) is 89.5 Å². The Kier molecular flexibility index (Phi) is 5.86. The third-order valence-electron chi connectivity index (χ3n) is 5.90. The summed E-state index contributed by atoms with van der Waals surface area (Å²) in [7, 11) is 1.37. The Morgan fingerprint density at radius 2 is 1.88 bits per heavy atom. The third kappa shape index (κ3) is 4.06. The van der Waals surface area contributed by atoms with Crippen LogP contribution in [0.4, 0.5) is 5.69 Å². The van der Waals surface area contributed by atoms with Crippen LogP contribution in [0.1, 0.15) is 39.5 Å². The maximum absolute atomic E-state index is 12.0. The lowest BCUT2D eigenvalue weighted by molar-refractivity contribution is 0.0601. The number of aryl methyl sites for hydroxylation is 1. The van der Waals surface area contributed by atoms with Gasteiger partial charge in [-0.2, -0.15) is 0 Å². The summed E-state index contributed by atoms with van der Waals surface area (Å²) in [6.07, 6.45) is 1.78. The maximum atomic E-state index is 12.0. The van der Waals surface area contributed by atoms with E-state index in [0.29, 0.717) is 16.4 Å². The van der Waals surface area contributed by atoms with E-state index in [0.717, 1.165) is 22.7 Å². The second kappa shape index (κ2) is 9.11. The molecule has 2 atom stereocenters. The number of carbonyl (C=O) groups is 1. The van der Waals surface area contributed by atoms with Crippen LogP contribution in [-0.4, -0.2) is 23.2 Å². The van der Waals surface area contributed by atoms with Crippen LogP contribution in [0.25, 0.3) is 11.3 Å². The highest BCUT2D eigenvalue weighted by atomic mass is 32.1. The first-order valence-electron chi connectivity index (χ1n) is 10.9. The Morgan fingerprint density at radius 1 is 1.06 bits per heavy atom. The molecule has 0 amide bonds. The first-order valence-corrected chi connectivity index (χ1v) is 11.3. The number of aromatic nitrogens is 1. The number of carbonyl (C=O) groups excluding carboxylic acids is 1. The fraction of sp³-hybridized carbons (Fsp3) is 0.148. The first kappa shape index (κ1) is 21.9. The zero-order valence-corrected chi connectivity index (χ0v) is 19.6.